The summed E-state index contributed by atoms with van der Waals surface area (Å²) in [4.78, 5) is 25.8. The molecule has 25 heavy (non-hydrogen) atoms. The fourth-order valence-electron chi connectivity index (χ4n) is 4.13. The Bertz CT molecular complexity index is 918. The highest BCUT2D eigenvalue weighted by atomic mass is 16.5. The smallest absolute Gasteiger partial charge is 0.196 e. The van der Waals surface area contributed by atoms with Crippen LogP contribution in [-0.4, -0.2) is 22.7 Å². The van der Waals surface area contributed by atoms with Gasteiger partial charge in [0.15, 0.2) is 11.6 Å². The molecule has 4 heteroatoms. The van der Waals surface area contributed by atoms with Crippen molar-refractivity contribution >= 4 is 11.6 Å². The predicted octanol–water partition coefficient (Wildman–Crippen LogP) is 4.36. The Morgan fingerprint density at radius 2 is 2.00 bits per heavy atom. The Hall–Kier alpha value is -2.62. The van der Waals surface area contributed by atoms with E-state index >= 15 is 0 Å². The van der Waals surface area contributed by atoms with Gasteiger partial charge in [-0.05, 0) is 32.8 Å². The number of rotatable bonds is 4. The molecule has 1 aromatic heterocycles. The number of carbonyl (C=O) groups excluding carboxylic acids is 2. The first-order valence-corrected chi connectivity index (χ1v) is 8.78. The van der Waals surface area contributed by atoms with Crippen LogP contribution in [-0.2, 0) is 6.42 Å². The molecule has 0 saturated carbocycles. The number of Topliss-reactive ketones (excluding diaryl/α,β-unsaturated/α-hetero) is 1. The number of ether oxygens (including phenoxy) is 1. The van der Waals surface area contributed by atoms with Crippen LogP contribution >= 0.6 is 0 Å². The highest BCUT2D eigenvalue weighted by molar-refractivity contribution is 6.27. The van der Waals surface area contributed by atoms with Crippen LogP contribution < -0.4 is 4.74 Å². The van der Waals surface area contributed by atoms with Crippen LogP contribution in [0, 0.1) is 0 Å². The number of fused-ring (bicyclic) bond motifs is 5. The molecule has 2 aliphatic carbocycles. The zero-order chi connectivity index (χ0) is 17.7. The molecule has 0 unspecified atom stereocenters. The minimum absolute atomic E-state index is 0.0556. The van der Waals surface area contributed by atoms with Crippen molar-refractivity contribution in [2.24, 2.45) is 0 Å². The fraction of sp³-hybridized carbons (Fsp3) is 0.333. The van der Waals surface area contributed by atoms with Gasteiger partial charge in [0.2, 0.25) is 0 Å². The molecule has 2 aliphatic rings. The topological polar surface area (TPSA) is 48.3 Å². The molecule has 0 spiro atoms. The molecule has 0 radical (unpaired) electrons. The first kappa shape index (κ1) is 15.9. The van der Waals surface area contributed by atoms with Crippen molar-refractivity contribution in [3.8, 4) is 17.0 Å². The number of nitrogens with zero attached hydrogens (tertiary/aromatic N) is 1. The van der Waals surface area contributed by atoms with E-state index in [1.54, 1.807) is 6.08 Å². The quantitative estimate of drug-likeness (QED) is 0.665. The van der Waals surface area contributed by atoms with Crippen molar-refractivity contribution in [3.63, 3.8) is 0 Å². The van der Waals surface area contributed by atoms with Gasteiger partial charge in [-0.25, -0.2) is 0 Å². The number of ketones is 2. The second kappa shape index (κ2) is 5.73. The van der Waals surface area contributed by atoms with Crippen molar-refractivity contribution in [1.29, 1.82) is 0 Å². The summed E-state index contributed by atoms with van der Waals surface area (Å²) in [5.74, 6) is 0.709. The van der Waals surface area contributed by atoms with E-state index in [2.05, 4.69) is 25.0 Å². The Labute approximate surface area is 147 Å². The SMILES string of the molecule is C=CCOc1cccc2c1-c1c(c3c(n1C(C)C)CCCC3=O)C2=O. The monoisotopic (exact) mass is 335 g/mol. The number of carbonyl (C=O) groups is 2. The number of hydrogen-bond acceptors (Lipinski definition) is 3. The molecule has 0 bridgehead atoms. The summed E-state index contributed by atoms with van der Waals surface area (Å²) in [5.41, 5.74) is 4.54. The molecule has 4 nitrogen and oxygen atoms in total. The largest absolute Gasteiger partial charge is 0.489 e. The van der Waals surface area contributed by atoms with Gasteiger partial charge in [0.1, 0.15) is 12.4 Å². The third-order valence-electron chi connectivity index (χ3n) is 5.01. The molecule has 0 fully saturated rings. The molecule has 1 heterocycles. The van der Waals surface area contributed by atoms with Crippen LogP contribution in [0.5, 0.6) is 5.75 Å². The molecular weight excluding hydrogens is 314 g/mol. The lowest BCUT2D eigenvalue weighted by molar-refractivity contribution is 0.0959. The number of benzene rings is 1. The Kier molecular flexibility index (Phi) is 3.64. The molecule has 4 rings (SSSR count). The number of aromatic nitrogens is 1. The van der Waals surface area contributed by atoms with Gasteiger partial charge >= 0.3 is 0 Å². The van der Waals surface area contributed by atoms with Crippen molar-refractivity contribution in [2.75, 3.05) is 6.61 Å². The normalized spacial score (nSPS) is 15.2. The Morgan fingerprint density at radius 1 is 1.20 bits per heavy atom. The van der Waals surface area contributed by atoms with E-state index in [4.69, 9.17) is 4.74 Å². The van der Waals surface area contributed by atoms with Gasteiger partial charge in [-0.15, -0.1) is 0 Å². The molecule has 0 atom stereocenters. The zero-order valence-electron chi connectivity index (χ0n) is 14.6. The average Bonchev–Trinajstić information content (AvgIpc) is 3.08. The summed E-state index contributed by atoms with van der Waals surface area (Å²) in [6, 6.07) is 5.69. The predicted molar refractivity (Wildman–Crippen MR) is 96.6 cm³/mol. The molecule has 2 aromatic rings. The molecule has 0 saturated heterocycles. The molecule has 0 amide bonds. The standard InChI is InChI=1S/C21H21NO3/c1-4-11-25-16-10-5-7-13-17(16)20-19(21(13)24)18-14(22(20)12(2)3)8-6-9-15(18)23/h4-5,7,10,12H,1,6,8-9,11H2,2-3H3. The van der Waals surface area contributed by atoms with Crippen LogP contribution in [0.4, 0.5) is 0 Å². The van der Waals surface area contributed by atoms with Gasteiger partial charge in [-0.3, -0.25) is 9.59 Å². The molecule has 0 N–H and O–H groups in total. The van der Waals surface area contributed by atoms with Gasteiger partial charge in [0.05, 0.1) is 22.4 Å². The summed E-state index contributed by atoms with van der Waals surface area (Å²) in [7, 11) is 0. The highest BCUT2D eigenvalue weighted by Gasteiger charge is 2.41. The van der Waals surface area contributed by atoms with Crippen molar-refractivity contribution in [1.82, 2.24) is 4.57 Å². The van der Waals surface area contributed by atoms with E-state index < -0.39 is 0 Å². The van der Waals surface area contributed by atoms with Crippen molar-refractivity contribution in [2.45, 2.75) is 39.2 Å². The minimum atomic E-state index is -0.0556. The van der Waals surface area contributed by atoms with Gasteiger partial charge < -0.3 is 9.30 Å². The van der Waals surface area contributed by atoms with Crippen LogP contribution in [0.25, 0.3) is 11.3 Å². The van der Waals surface area contributed by atoms with E-state index in [1.807, 2.05) is 18.2 Å². The van der Waals surface area contributed by atoms with Gasteiger partial charge in [0.25, 0.3) is 0 Å². The van der Waals surface area contributed by atoms with Crippen LogP contribution in [0.2, 0.25) is 0 Å². The van der Waals surface area contributed by atoms with Gasteiger partial charge in [-0.1, -0.05) is 24.8 Å². The lowest BCUT2D eigenvalue weighted by atomic mass is 9.92. The molecular formula is C21H21NO3. The first-order valence-electron chi connectivity index (χ1n) is 8.78. The number of hydrogen-bond donors (Lipinski definition) is 0. The maximum atomic E-state index is 13.1. The fourth-order valence-corrected chi connectivity index (χ4v) is 4.13. The van der Waals surface area contributed by atoms with Crippen LogP contribution in [0.15, 0.2) is 30.9 Å². The minimum Gasteiger partial charge on any atom is -0.489 e. The van der Waals surface area contributed by atoms with E-state index in [0.717, 1.165) is 29.8 Å². The molecule has 1 aromatic carbocycles. The van der Waals surface area contributed by atoms with Crippen molar-refractivity contribution in [3.05, 3.63) is 53.2 Å². The zero-order valence-corrected chi connectivity index (χ0v) is 14.6. The summed E-state index contributed by atoms with van der Waals surface area (Å²) in [6.45, 7) is 8.26. The maximum Gasteiger partial charge on any atom is 0.196 e. The van der Waals surface area contributed by atoms with Gasteiger partial charge in [-0.2, -0.15) is 0 Å². The van der Waals surface area contributed by atoms with E-state index in [1.165, 1.54) is 0 Å². The summed E-state index contributed by atoms with van der Waals surface area (Å²) in [6.07, 6.45) is 3.89. The average molecular weight is 335 g/mol. The summed E-state index contributed by atoms with van der Waals surface area (Å²) >= 11 is 0. The third kappa shape index (κ3) is 2.13. The van der Waals surface area contributed by atoms with E-state index in [0.29, 0.717) is 35.5 Å². The molecule has 128 valence electrons. The lowest BCUT2D eigenvalue weighted by Gasteiger charge is -2.21. The van der Waals surface area contributed by atoms with Gasteiger partial charge in [0, 0.05) is 23.7 Å². The molecule has 0 aliphatic heterocycles. The van der Waals surface area contributed by atoms with E-state index in [-0.39, 0.29) is 17.6 Å². The lowest BCUT2D eigenvalue weighted by Crippen LogP contribution is -2.16. The third-order valence-corrected chi connectivity index (χ3v) is 5.01. The summed E-state index contributed by atoms with van der Waals surface area (Å²) < 4.78 is 8.00. The highest BCUT2D eigenvalue weighted by Crippen LogP contribution is 2.48. The van der Waals surface area contributed by atoms with Crippen LogP contribution in [0.1, 0.15) is 64.7 Å². The van der Waals surface area contributed by atoms with E-state index in [9.17, 15) is 9.59 Å². The Balaban J connectivity index is 2.06. The summed E-state index contributed by atoms with van der Waals surface area (Å²) in [5, 5.41) is 0. The Morgan fingerprint density at radius 3 is 2.72 bits per heavy atom. The second-order valence-corrected chi connectivity index (χ2v) is 6.89. The first-order chi connectivity index (χ1) is 12.1. The second-order valence-electron chi connectivity index (χ2n) is 6.89. The maximum absolute atomic E-state index is 13.1. The van der Waals surface area contributed by atoms with Crippen LogP contribution in [0.3, 0.4) is 0 Å². The van der Waals surface area contributed by atoms with Crippen molar-refractivity contribution < 1.29 is 14.3 Å².